The Morgan fingerprint density at radius 3 is 2.67 bits per heavy atom. The third kappa shape index (κ3) is 3.62. The lowest BCUT2D eigenvalue weighted by Crippen LogP contribution is -2.33. The molecule has 2 heterocycles. The number of carbonyl (C=O) groups is 1. The van der Waals surface area contributed by atoms with Gasteiger partial charge in [0.25, 0.3) is 5.91 Å². The van der Waals surface area contributed by atoms with Crippen LogP contribution in [0.25, 0.3) is 5.69 Å². The highest BCUT2D eigenvalue weighted by Crippen LogP contribution is 2.31. The Labute approximate surface area is 164 Å². The van der Waals surface area contributed by atoms with Crippen LogP contribution in [0.15, 0.2) is 54.7 Å². The molecule has 138 valence electrons. The summed E-state index contributed by atoms with van der Waals surface area (Å²) in [5.74, 6) is 0.0736. The standard InChI is InChI=1S/C22H22ClN3O/c1-15-12-21(16(2)26(15)20-8-5-6-17(23)13-20)22(27)25(19-9-10-19)14-18-7-3-4-11-24-18/h3-8,11-13,19H,9-10,14H2,1-2H3. The van der Waals surface area contributed by atoms with Crippen LogP contribution in [0.3, 0.4) is 0 Å². The van der Waals surface area contributed by atoms with Gasteiger partial charge in [-0.3, -0.25) is 9.78 Å². The molecular weight excluding hydrogens is 358 g/mol. The Bertz CT molecular complexity index is 976. The average Bonchev–Trinajstić information content (AvgIpc) is 3.45. The quantitative estimate of drug-likeness (QED) is 0.629. The summed E-state index contributed by atoms with van der Waals surface area (Å²) in [7, 11) is 0. The van der Waals surface area contributed by atoms with E-state index in [2.05, 4.69) is 9.55 Å². The SMILES string of the molecule is Cc1cc(C(=O)N(Cc2ccccn2)C2CC2)c(C)n1-c1cccc(Cl)c1. The number of halogens is 1. The molecule has 5 heteroatoms. The van der Waals surface area contributed by atoms with Crippen LogP contribution in [0, 0.1) is 13.8 Å². The molecule has 0 radical (unpaired) electrons. The van der Waals surface area contributed by atoms with Crippen molar-refractivity contribution < 1.29 is 4.79 Å². The molecule has 1 aromatic carbocycles. The highest BCUT2D eigenvalue weighted by Gasteiger charge is 2.34. The predicted molar refractivity (Wildman–Crippen MR) is 107 cm³/mol. The first kappa shape index (κ1) is 17.8. The Kier molecular flexibility index (Phi) is 4.75. The minimum absolute atomic E-state index is 0.0736. The number of hydrogen-bond donors (Lipinski definition) is 0. The average molecular weight is 380 g/mol. The van der Waals surface area contributed by atoms with E-state index in [1.165, 1.54) is 0 Å². The summed E-state index contributed by atoms with van der Waals surface area (Å²) in [6, 6.07) is 15.8. The number of aryl methyl sites for hydroxylation is 1. The van der Waals surface area contributed by atoms with Crippen LogP contribution in [-0.4, -0.2) is 26.4 Å². The van der Waals surface area contributed by atoms with Crippen LogP contribution in [0.1, 0.15) is 40.3 Å². The number of benzene rings is 1. The van der Waals surface area contributed by atoms with Gasteiger partial charge in [-0.15, -0.1) is 0 Å². The number of aromatic nitrogens is 2. The van der Waals surface area contributed by atoms with Crippen LogP contribution < -0.4 is 0 Å². The van der Waals surface area contributed by atoms with Crippen molar-refractivity contribution in [1.29, 1.82) is 0 Å². The van der Waals surface area contributed by atoms with Gasteiger partial charge < -0.3 is 9.47 Å². The second-order valence-electron chi connectivity index (χ2n) is 7.09. The molecule has 0 atom stereocenters. The zero-order valence-corrected chi connectivity index (χ0v) is 16.3. The number of rotatable bonds is 5. The molecule has 1 fully saturated rings. The fourth-order valence-electron chi connectivity index (χ4n) is 3.57. The van der Waals surface area contributed by atoms with Gasteiger partial charge in [-0.2, -0.15) is 0 Å². The van der Waals surface area contributed by atoms with E-state index in [4.69, 9.17) is 11.6 Å². The third-order valence-corrected chi connectivity index (χ3v) is 5.27. The second kappa shape index (κ2) is 7.20. The van der Waals surface area contributed by atoms with E-state index >= 15 is 0 Å². The molecule has 1 aliphatic carbocycles. The molecule has 1 amide bonds. The summed E-state index contributed by atoms with van der Waals surface area (Å²) in [5, 5.41) is 0.683. The summed E-state index contributed by atoms with van der Waals surface area (Å²) in [6.45, 7) is 4.56. The van der Waals surface area contributed by atoms with E-state index in [-0.39, 0.29) is 5.91 Å². The molecular formula is C22H22ClN3O. The smallest absolute Gasteiger partial charge is 0.256 e. The molecule has 0 unspecified atom stereocenters. The molecule has 1 saturated carbocycles. The molecule has 3 aromatic rings. The number of carbonyl (C=O) groups excluding carboxylic acids is 1. The van der Waals surface area contributed by atoms with Gasteiger partial charge in [0, 0.05) is 34.3 Å². The summed E-state index contributed by atoms with van der Waals surface area (Å²) < 4.78 is 2.09. The van der Waals surface area contributed by atoms with Crippen molar-refractivity contribution in [2.75, 3.05) is 0 Å². The molecule has 0 bridgehead atoms. The maximum absolute atomic E-state index is 13.4. The van der Waals surface area contributed by atoms with Crippen LogP contribution in [0.4, 0.5) is 0 Å². The number of amides is 1. The van der Waals surface area contributed by atoms with Gasteiger partial charge in [-0.05, 0) is 63.1 Å². The fourth-order valence-corrected chi connectivity index (χ4v) is 3.75. The third-order valence-electron chi connectivity index (χ3n) is 5.03. The summed E-state index contributed by atoms with van der Waals surface area (Å²) in [5.41, 5.74) is 4.59. The number of nitrogens with zero attached hydrogens (tertiary/aromatic N) is 3. The lowest BCUT2D eigenvalue weighted by Gasteiger charge is -2.22. The Hall–Kier alpha value is -2.59. The molecule has 0 aliphatic heterocycles. The van der Waals surface area contributed by atoms with E-state index in [9.17, 15) is 4.79 Å². The largest absolute Gasteiger partial charge is 0.330 e. The van der Waals surface area contributed by atoms with Crippen molar-refractivity contribution in [2.24, 2.45) is 0 Å². The van der Waals surface area contributed by atoms with Crippen molar-refractivity contribution >= 4 is 17.5 Å². The highest BCUT2D eigenvalue weighted by atomic mass is 35.5. The first-order valence-electron chi connectivity index (χ1n) is 9.20. The molecule has 2 aromatic heterocycles. The topological polar surface area (TPSA) is 38.1 Å². The van der Waals surface area contributed by atoms with Gasteiger partial charge in [0.05, 0.1) is 17.8 Å². The van der Waals surface area contributed by atoms with Crippen molar-refractivity contribution in [1.82, 2.24) is 14.5 Å². The van der Waals surface area contributed by atoms with Gasteiger partial charge >= 0.3 is 0 Å². The minimum atomic E-state index is 0.0736. The molecule has 4 rings (SSSR count). The Balaban J connectivity index is 1.68. The van der Waals surface area contributed by atoms with Crippen molar-refractivity contribution in [2.45, 2.75) is 39.3 Å². The zero-order chi connectivity index (χ0) is 19.0. The molecule has 0 spiro atoms. The highest BCUT2D eigenvalue weighted by molar-refractivity contribution is 6.30. The van der Waals surface area contributed by atoms with Crippen molar-refractivity contribution in [3.05, 3.63) is 82.4 Å². The fraction of sp³-hybridized carbons (Fsp3) is 0.273. The van der Waals surface area contributed by atoms with Gasteiger partial charge in [-0.25, -0.2) is 0 Å². The molecule has 0 N–H and O–H groups in total. The van der Waals surface area contributed by atoms with E-state index in [0.717, 1.165) is 41.2 Å². The predicted octanol–water partition coefficient (Wildman–Crippen LogP) is 4.95. The number of hydrogen-bond acceptors (Lipinski definition) is 2. The lowest BCUT2D eigenvalue weighted by molar-refractivity contribution is 0.0727. The normalized spacial score (nSPS) is 13.6. The minimum Gasteiger partial charge on any atom is -0.330 e. The Morgan fingerprint density at radius 2 is 2.00 bits per heavy atom. The molecule has 27 heavy (non-hydrogen) atoms. The summed E-state index contributed by atoms with van der Waals surface area (Å²) >= 11 is 6.16. The van der Waals surface area contributed by atoms with Gasteiger partial charge in [0.1, 0.15) is 0 Å². The van der Waals surface area contributed by atoms with Crippen LogP contribution in [0.2, 0.25) is 5.02 Å². The summed E-state index contributed by atoms with van der Waals surface area (Å²) in [6.07, 6.45) is 3.90. The van der Waals surface area contributed by atoms with Crippen LogP contribution in [-0.2, 0) is 6.54 Å². The molecule has 1 aliphatic rings. The molecule has 4 nitrogen and oxygen atoms in total. The molecule has 0 saturated heterocycles. The van der Waals surface area contributed by atoms with E-state index < -0.39 is 0 Å². The van der Waals surface area contributed by atoms with Gasteiger partial charge in [0.2, 0.25) is 0 Å². The number of pyridine rings is 1. The van der Waals surface area contributed by atoms with Gasteiger partial charge in [0.15, 0.2) is 0 Å². The van der Waals surface area contributed by atoms with Crippen molar-refractivity contribution in [3.63, 3.8) is 0 Å². The monoisotopic (exact) mass is 379 g/mol. The maximum atomic E-state index is 13.4. The van der Waals surface area contributed by atoms with E-state index in [0.29, 0.717) is 17.6 Å². The summed E-state index contributed by atoms with van der Waals surface area (Å²) in [4.78, 5) is 19.7. The zero-order valence-electron chi connectivity index (χ0n) is 15.5. The lowest BCUT2D eigenvalue weighted by atomic mass is 10.2. The first-order valence-corrected chi connectivity index (χ1v) is 9.58. The second-order valence-corrected chi connectivity index (χ2v) is 7.52. The first-order chi connectivity index (χ1) is 13.0. The van der Waals surface area contributed by atoms with E-state index in [1.54, 1.807) is 6.20 Å². The van der Waals surface area contributed by atoms with Crippen LogP contribution >= 0.6 is 11.6 Å². The maximum Gasteiger partial charge on any atom is 0.256 e. The van der Waals surface area contributed by atoms with Gasteiger partial charge in [-0.1, -0.05) is 23.7 Å². The van der Waals surface area contributed by atoms with E-state index in [1.807, 2.05) is 67.3 Å². The van der Waals surface area contributed by atoms with Crippen molar-refractivity contribution in [3.8, 4) is 5.69 Å². The Morgan fingerprint density at radius 1 is 1.19 bits per heavy atom. The van der Waals surface area contributed by atoms with Crippen LogP contribution in [0.5, 0.6) is 0 Å².